The lowest BCUT2D eigenvalue weighted by Gasteiger charge is -2.02. The van der Waals surface area contributed by atoms with Gasteiger partial charge in [-0.25, -0.2) is 0 Å². The molecular formula is C11H7ClIN. The molecule has 0 amide bonds. The highest BCUT2D eigenvalue weighted by molar-refractivity contribution is 14.1. The second kappa shape index (κ2) is 4.28. The number of pyridine rings is 1. The van der Waals surface area contributed by atoms with Crippen LogP contribution in [0.1, 0.15) is 0 Å². The summed E-state index contributed by atoms with van der Waals surface area (Å²) in [6.45, 7) is 0. The maximum Gasteiger partial charge on any atom is 0.0888 e. The van der Waals surface area contributed by atoms with Crippen molar-refractivity contribution < 1.29 is 0 Å². The Morgan fingerprint density at radius 1 is 1.14 bits per heavy atom. The summed E-state index contributed by atoms with van der Waals surface area (Å²) in [5.41, 5.74) is 1.90. The summed E-state index contributed by atoms with van der Waals surface area (Å²) in [5.74, 6) is 0. The molecule has 0 atom stereocenters. The smallest absolute Gasteiger partial charge is 0.0888 e. The Morgan fingerprint density at radius 2 is 2.00 bits per heavy atom. The molecule has 1 heterocycles. The number of benzene rings is 1. The van der Waals surface area contributed by atoms with Gasteiger partial charge in [0.15, 0.2) is 0 Å². The molecule has 0 saturated heterocycles. The second-order valence-corrected chi connectivity index (χ2v) is 4.50. The molecule has 0 N–H and O–H groups in total. The zero-order valence-electron chi connectivity index (χ0n) is 7.24. The summed E-state index contributed by atoms with van der Waals surface area (Å²) < 4.78 is 1.18. The average molecular weight is 316 g/mol. The molecule has 0 fully saturated rings. The maximum absolute atomic E-state index is 6.05. The molecule has 2 rings (SSSR count). The lowest BCUT2D eigenvalue weighted by atomic mass is 10.1. The van der Waals surface area contributed by atoms with E-state index in [9.17, 15) is 0 Å². The molecule has 0 bridgehead atoms. The first-order valence-corrected chi connectivity index (χ1v) is 5.59. The highest BCUT2D eigenvalue weighted by Crippen LogP contribution is 2.25. The van der Waals surface area contributed by atoms with E-state index >= 15 is 0 Å². The van der Waals surface area contributed by atoms with Crippen molar-refractivity contribution in [2.45, 2.75) is 0 Å². The van der Waals surface area contributed by atoms with Crippen molar-refractivity contribution in [1.82, 2.24) is 4.98 Å². The molecule has 2 aromatic rings. The first kappa shape index (κ1) is 9.93. The molecule has 3 heteroatoms. The third kappa shape index (κ3) is 2.07. The van der Waals surface area contributed by atoms with Crippen LogP contribution in [0.3, 0.4) is 0 Å². The van der Waals surface area contributed by atoms with E-state index in [0.717, 1.165) is 11.3 Å². The first-order chi connectivity index (χ1) is 6.77. The maximum atomic E-state index is 6.05. The van der Waals surface area contributed by atoms with Gasteiger partial charge in [0.05, 0.1) is 10.7 Å². The average Bonchev–Trinajstić information content (AvgIpc) is 2.18. The Morgan fingerprint density at radius 3 is 2.71 bits per heavy atom. The van der Waals surface area contributed by atoms with Crippen molar-refractivity contribution in [2.75, 3.05) is 0 Å². The number of aromatic nitrogens is 1. The van der Waals surface area contributed by atoms with Gasteiger partial charge in [0.1, 0.15) is 0 Å². The highest BCUT2D eigenvalue weighted by atomic mass is 127. The van der Waals surface area contributed by atoms with E-state index < -0.39 is 0 Å². The van der Waals surface area contributed by atoms with Crippen LogP contribution in [0.2, 0.25) is 5.02 Å². The van der Waals surface area contributed by atoms with Crippen LogP contribution in [0.4, 0.5) is 0 Å². The molecular weight excluding hydrogens is 308 g/mol. The van der Waals surface area contributed by atoms with Crippen molar-refractivity contribution in [1.29, 1.82) is 0 Å². The predicted octanol–water partition coefficient (Wildman–Crippen LogP) is 4.01. The van der Waals surface area contributed by atoms with Gasteiger partial charge < -0.3 is 0 Å². The summed E-state index contributed by atoms with van der Waals surface area (Å²) in [5, 5.41) is 0.689. The molecule has 0 aliphatic heterocycles. The summed E-state index contributed by atoms with van der Waals surface area (Å²) in [6.07, 6.45) is 1.75. The van der Waals surface area contributed by atoms with Crippen LogP contribution in [0.5, 0.6) is 0 Å². The molecule has 0 radical (unpaired) electrons. The zero-order valence-corrected chi connectivity index (χ0v) is 10.2. The van der Waals surface area contributed by atoms with Gasteiger partial charge in [0, 0.05) is 15.3 Å². The van der Waals surface area contributed by atoms with Gasteiger partial charge in [0.2, 0.25) is 0 Å². The van der Waals surface area contributed by atoms with Crippen LogP contribution in [-0.4, -0.2) is 4.98 Å². The van der Waals surface area contributed by atoms with Crippen LogP contribution in [0.15, 0.2) is 42.6 Å². The third-order valence-electron chi connectivity index (χ3n) is 1.86. The molecule has 0 aliphatic rings. The SMILES string of the molecule is Clc1cccnc1-c1cccc(I)c1. The first-order valence-electron chi connectivity index (χ1n) is 4.14. The van der Waals surface area contributed by atoms with E-state index in [2.05, 4.69) is 33.6 Å². The van der Waals surface area contributed by atoms with Crippen molar-refractivity contribution in [2.24, 2.45) is 0 Å². The van der Waals surface area contributed by atoms with E-state index in [1.807, 2.05) is 30.3 Å². The Balaban J connectivity index is 2.55. The predicted molar refractivity (Wildman–Crippen MR) is 67.4 cm³/mol. The van der Waals surface area contributed by atoms with E-state index in [4.69, 9.17) is 11.6 Å². The van der Waals surface area contributed by atoms with E-state index in [1.54, 1.807) is 6.20 Å². The number of nitrogens with zero attached hydrogens (tertiary/aromatic N) is 1. The van der Waals surface area contributed by atoms with Crippen molar-refractivity contribution in [3.8, 4) is 11.3 Å². The standard InChI is InChI=1S/C11H7ClIN/c12-10-5-2-6-14-11(10)8-3-1-4-9(13)7-8/h1-7H. The molecule has 0 unspecified atom stereocenters. The number of hydrogen-bond acceptors (Lipinski definition) is 1. The van der Waals surface area contributed by atoms with Gasteiger partial charge in [-0.2, -0.15) is 0 Å². The highest BCUT2D eigenvalue weighted by Gasteiger charge is 2.03. The summed E-state index contributed by atoms with van der Waals surface area (Å²) in [6, 6.07) is 11.8. The lowest BCUT2D eigenvalue weighted by molar-refractivity contribution is 1.32. The fourth-order valence-corrected chi connectivity index (χ4v) is 2.01. The summed E-state index contributed by atoms with van der Waals surface area (Å²) >= 11 is 8.32. The zero-order chi connectivity index (χ0) is 9.97. The van der Waals surface area contributed by atoms with Gasteiger partial charge in [-0.05, 0) is 46.9 Å². The topological polar surface area (TPSA) is 12.9 Å². The molecule has 1 aromatic carbocycles. The van der Waals surface area contributed by atoms with Gasteiger partial charge in [0.25, 0.3) is 0 Å². The minimum absolute atomic E-state index is 0.689. The van der Waals surface area contributed by atoms with E-state index in [-0.39, 0.29) is 0 Å². The molecule has 0 saturated carbocycles. The molecule has 70 valence electrons. The molecule has 0 spiro atoms. The quantitative estimate of drug-likeness (QED) is 0.725. The minimum Gasteiger partial charge on any atom is -0.255 e. The van der Waals surface area contributed by atoms with E-state index in [0.29, 0.717) is 5.02 Å². The second-order valence-electron chi connectivity index (χ2n) is 2.84. The van der Waals surface area contributed by atoms with Crippen LogP contribution >= 0.6 is 34.2 Å². The molecule has 1 nitrogen and oxygen atoms in total. The van der Waals surface area contributed by atoms with Crippen LogP contribution in [0.25, 0.3) is 11.3 Å². The van der Waals surface area contributed by atoms with Gasteiger partial charge in [-0.3, -0.25) is 4.98 Å². The van der Waals surface area contributed by atoms with Crippen LogP contribution in [0, 0.1) is 3.57 Å². The fourth-order valence-electron chi connectivity index (χ4n) is 1.23. The minimum atomic E-state index is 0.689. The molecule has 1 aromatic heterocycles. The lowest BCUT2D eigenvalue weighted by Crippen LogP contribution is -1.84. The number of hydrogen-bond donors (Lipinski definition) is 0. The van der Waals surface area contributed by atoms with Crippen molar-refractivity contribution in [3.05, 3.63) is 51.2 Å². The Bertz CT molecular complexity index is 457. The monoisotopic (exact) mass is 315 g/mol. The number of halogens is 2. The fraction of sp³-hybridized carbons (Fsp3) is 0. The van der Waals surface area contributed by atoms with Gasteiger partial charge in [-0.15, -0.1) is 0 Å². The number of rotatable bonds is 1. The Labute approximate surface area is 101 Å². The summed E-state index contributed by atoms with van der Waals surface area (Å²) in [7, 11) is 0. The normalized spacial score (nSPS) is 10.1. The molecule has 14 heavy (non-hydrogen) atoms. The molecule has 0 aliphatic carbocycles. The Hall–Kier alpha value is -0.610. The largest absolute Gasteiger partial charge is 0.255 e. The van der Waals surface area contributed by atoms with Crippen molar-refractivity contribution >= 4 is 34.2 Å². The van der Waals surface area contributed by atoms with Gasteiger partial charge in [-0.1, -0.05) is 23.7 Å². The van der Waals surface area contributed by atoms with Gasteiger partial charge >= 0.3 is 0 Å². The summed E-state index contributed by atoms with van der Waals surface area (Å²) in [4.78, 5) is 4.25. The van der Waals surface area contributed by atoms with E-state index in [1.165, 1.54) is 3.57 Å². The van der Waals surface area contributed by atoms with Crippen molar-refractivity contribution in [3.63, 3.8) is 0 Å². The van der Waals surface area contributed by atoms with Crippen LogP contribution < -0.4 is 0 Å². The third-order valence-corrected chi connectivity index (χ3v) is 2.83. The van der Waals surface area contributed by atoms with Crippen LogP contribution in [-0.2, 0) is 0 Å². The Kier molecular flexibility index (Phi) is 3.03.